The molecule has 0 aliphatic rings. The van der Waals surface area contributed by atoms with Crippen molar-refractivity contribution in [1.82, 2.24) is 0 Å². The van der Waals surface area contributed by atoms with Crippen LogP contribution in [-0.4, -0.2) is 11.1 Å². The molecule has 0 aliphatic carbocycles. The van der Waals surface area contributed by atoms with Crippen LogP contribution in [-0.2, 0) is 6.18 Å². The number of anilines is 3. The number of aromatic hydroxyl groups is 1. The van der Waals surface area contributed by atoms with Crippen molar-refractivity contribution in [3.05, 3.63) is 47.0 Å². The first-order chi connectivity index (χ1) is 10.6. The summed E-state index contributed by atoms with van der Waals surface area (Å²) in [5.41, 5.74) is 8.76. The molecule has 0 aliphatic heterocycles. The molecule has 0 aromatic heterocycles. The third-order valence-electron chi connectivity index (χ3n) is 3.01. The first kappa shape index (κ1) is 16.8. The highest BCUT2D eigenvalue weighted by Gasteiger charge is 2.36. The van der Waals surface area contributed by atoms with Gasteiger partial charge in [-0.25, -0.2) is 4.79 Å². The average molecular weight is 346 g/mol. The van der Waals surface area contributed by atoms with Crippen molar-refractivity contribution in [2.75, 3.05) is 10.6 Å². The minimum atomic E-state index is -4.72. The summed E-state index contributed by atoms with van der Waals surface area (Å²) in [5, 5.41) is 9.87. The number of alkyl halides is 3. The van der Waals surface area contributed by atoms with Crippen LogP contribution in [0.1, 0.15) is 5.56 Å². The number of urea groups is 1. The van der Waals surface area contributed by atoms with Crippen molar-refractivity contribution < 1.29 is 23.1 Å². The number of para-hydroxylation sites is 1. The van der Waals surface area contributed by atoms with E-state index in [2.05, 4.69) is 0 Å². The maximum atomic E-state index is 13.1. The molecule has 5 N–H and O–H groups in total. The standard InChI is InChI=1S/C14H11ClF3N3O2/c15-8-5-11(12(22)6-9(8)19)21(13(20)23)10-4-2-1-3-7(10)14(16,17)18/h1-6,22H,19H2,(H2,20,23). The zero-order valence-corrected chi connectivity index (χ0v) is 12.2. The summed E-state index contributed by atoms with van der Waals surface area (Å²) in [5.74, 6) is -0.539. The average Bonchev–Trinajstić information content (AvgIpc) is 2.44. The van der Waals surface area contributed by atoms with E-state index in [0.29, 0.717) is 4.90 Å². The summed E-state index contributed by atoms with van der Waals surface area (Å²) in [6.07, 6.45) is -4.72. The fraction of sp³-hybridized carbons (Fsp3) is 0.0714. The Labute approximate surface area is 133 Å². The molecule has 2 aromatic rings. The summed E-state index contributed by atoms with van der Waals surface area (Å²) in [7, 11) is 0. The van der Waals surface area contributed by atoms with Gasteiger partial charge in [0.25, 0.3) is 0 Å². The summed E-state index contributed by atoms with van der Waals surface area (Å²) < 4.78 is 39.4. The highest BCUT2D eigenvalue weighted by Crippen LogP contribution is 2.43. The molecular formula is C14H11ClF3N3O2. The summed E-state index contributed by atoms with van der Waals surface area (Å²) in [4.78, 5) is 12.2. The third-order valence-corrected chi connectivity index (χ3v) is 3.33. The van der Waals surface area contributed by atoms with E-state index in [-0.39, 0.29) is 16.4 Å². The molecule has 2 rings (SSSR count). The number of amides is 2. The van der Waals surface area contributed by atoms with E-state index in [0.717, 1.165) is 24.3 Å². The Kier molecular flexibility index (Phi) is 4.28. The Morgan fingerprint density at radius 3 is 2.35 bits per heavy atom. The second-order valence-electron chi connectivity index (χ2n) is 4.55. The number of hydrogen-bond donors (Lipinski definition) is 3. The molecule has 0 saturated heterocycles. The van der Waals surface area contributed by atoms with Crippen LogP contribution in [0, 0.1) is 0 Å². The lowest BCUT2D eigenvalue weighted by Gasteiger charge is -2.25. The lowest BCUT2D eigenvalue weighted by molar-refractivity contribution is -0.137. The van der Waals surface area contributed by atoms with Crippen molar-refractivity contribution in [1.29, 1.82) is 0 Å². The molecule has 23 heavy (non-hydrogen) atoms. The summed E-state index contributed by atoms with van der Waals surface area (Å²) in [6.45, 7) is 0. The number of nitrogens with two attached hydrogens (primary N) is 2. The third kappa shape index (κ3) is 3.26. The van der Waals surface area contributed by atoms with Crippen LogP contribution in [0.5, 0.6) is 5.75 Å². The Morgan fingerprint density at radius 1 is 1.17 bits per heavy atom. The number of phenolic OH excluding ortho intramolecular Hbond substituents is 1. The van der Waals surface area contributed by atoms with E-state index >= 15 is 0 Å². The fourth-order valence-corrected chi connectivity index (χ4v) is 2.18. The lowest BCUT2D eigenvalue weighted by Crippen LogP contribution is -2.33. The largest absolute Gasteiger partial charge is 0.506 e. The molecule has 9 heteroatoms. The van der Waals surface area contributed by atoms with Gasteiger partial charge in [0.05, 0.1) is 27.6 Å². The monoisotopic (exact) mass is 345 g/mol. The molecule has 0 atom stereocenters. The Hall–Kier alpha value is -2.61. The van der Waals surface area contributed by atoms with E-state index in [1.807, 2.05) is 0 Å². The van der Waals surface area contributed by atoms with Gasteiger partial charge in [-0.05, 0) is 18.2 Å². The molecule has 0 spiro atoms. The van der Waals surface area contributed by atoms with Crippen LogP contribution in [0.2, 0.25) is 5.02 Å². The molecule has 122 valence electrons. The number of nitrogens with zero attached hydrogens (tertiary/aromatic N) is 1. The Morgan fingerprint density at radius 2 is 1.78 bits per heavy atom. The normalized spacial score (nSPS) is 11.3. The van der Waals surface area contributed by atoms with E-state index in [4.69, 9.17) is 23.1 Å². The SMILES string of the molecule is NC(=O)N(c1cc(Cl)c(N)cc1O)c1ccccc1C(F)(F)F. The number of benzene rings is 2. The van der Waals surface area contributed by atoms with Crippen LogP contribution >= 0.6 is 11.6 Å². The van der Waals surface area contributed by atoms with Gasteiger partial charge in [-0.1, -0.05) is 23.7 Å². The maximum Gasteiger partial charge on any atom is 0.418 e. The van der Waals surface area contributed by atoms with Gasteiger partial charge in [0, 0.05) is 6.07 Å². The molecule has 0 heterocycles. The summed E-state index contributed by atoms with van der Waals surface area (Å²) >= 11 is 5.81. The minimum absolute atomic E-state index is 0.00134. The Bertz CT molecular complexity index is 765. The zero-order chi connectivity index (χ0) is 17.4. The number of nitrogen functional groups attached to an aromatic ring is 1. The second-order valence-corrected chi connectivity index (χ2v) is 4.96. The van der Waals surface area contributed by atoms with E-state index in [1.54, 1.807) is 0 Å². The molecule has 0 radical (unpaired) electrons. The van der Waals surface area contributed by atoms with Crippen LogP contribution in [0.15, 0.2) is 36.4 Å². The molecule has 5 nitrogen and oxygen atoms in total. The predicted octanol–water partition coefficient (Wildman–Crippen LogP) is 3.86. The number of phenols is 1. The van der Waals surface area contributed by atoms with Crippen molar-refractivity contribution in [3.63, 3.8) is 0 Å². The predicted molar refractivity (Wildman–Crippen MR) is 80.7 cm³/mol. The molecule has 0 unspecified atom stereocenters. The molecule has 2 aromatic carbocycles. The van der Waals surface area contributed by atoms with Gasteiger partial charge >= 0.3 is 12.2 Å². The molecular weight excluding hydrogens is 335 g/mol. The van der Waals surface area contributed by atoms with Crippen LogP contribution < -0.4 is 16.4 Å². The second kappa shape index (κ2) is 5.88. The Balaban J connectivity index is 2.72. The van der Waals surface area contributed by atoms with Crippen LogP contribution in [0.3, 0.4) is 0 Å². The topological polar surface area (TPSA) is 92.6 Å². The van der Waals surface area contributed by atoms with E-state index < -0.39 is 29.2 Å². The first-order valence-electron chi connectivity index (χ1n) is 6.16. The van der Waals surface area contributed by atoms with Gasteiger partial charge in [0.1, 0.15) is 5.75 Å². The van der Waals surface area contributed by atoms with Gasteiger partial charge in [0.15, 0.2) is 0 Å². The van der Waals surface area contributed by atoms with Gasteiger partial charge in [-0.2, -0.15) is 13.2 Å². The number of rotatable bonds is 2. The highest BCUT2D eigenvalue weighted by atomic mass is 35.5. The fourth-order valence-electron chi connectivity index (χ4n) is 2.02. The number of hydrogen-bond acceptors (Lipinski definition) is 3. The number of carbonyl (C=O) groups excluding carboxylic acids is 1. The molecule has 0 bridgehead atoms. The molecule has 0 saturated carbocycles. The van der Waals surface area contributed by atoms with E-state index in [1.165, 1.54) is 12.1 Å². The maximum absolute atomic E-state index is 13.1. The first-order valence-corrected chi connectivity index (χ1v) is 6.54. The highest BCUT2D eigenvalue weighted by molar-refractivity contribution is 6.33. The van der Waals surface area contributed by atoms with Crippen LogP contribution in [0.25, 0.3) is 0 Å². The smallest absolute Gasteiger partial charge is 0.418 e. The number of carbonyl (C=O) groups is 1. The van der Waals surface area contributed by atoms with Crippen molar-refractivity contribution in [2.45, 2.75) is 6.18 Å². The van der Waals surface area contributed by atoms with Gasteiger partial charge in [-0.3, -0.25) is 4.90 Å². The van der Waals surface area contributed by atoms with Crippen LogP contribution in [0.4, 0.5) is 35.0 Å². The quantitative estimate of drug-likeness (QED) is 0.721. The van der Waals surface area contributed by atoms with Crippen molar-refractivity contribution in [3.8, 4) is 5.75 Å². The van der Waals surface area contributed by atoms with Gasteiger partial charge in [-0.15, -0.1) is 0 Å². The zero-order valence-electron chi connectivity index (χ0n) is 11.4. The molecule has 2 amide bonds. The van der Waals surface area contributed by atoms with Crippen molar-refractivity contribution >= 4 is 34.7 Å². The van der Waals surface area contributed by atoms with Gasteiger partial charge in [0.2, 0.25) is 0 Å². The number of primary amides is 1. The van der Waals surface area contributed by atoms with Crippen molar-refractivity contribution in [2.24, 2.45) is 5.73 Å². The number of halogens is 4. The molecule has 0 fully saturated rings. The lowest BCUT2D eigenvalue weighted by atomic mass is 10.1. The minimum Gasteiger partial charge on any atom is -0.506 e. The van der Waals surface area contributed by atoms with Gasteiger partial charge < -0.3 is 16.6 Å². The summed E-state index contributed by atoms with van der Waals surface area (Å²) in [6, 6.07) is 5.17. The van der Waals surface area contributed by atoms with E-state index in [9.17, 15) is 23.1 Å².